The van der Waals surface area contributed by atoms with Crippen molar-refractivity contribution >= 4 is 54.6 Å². The molecule has 0 spiro atoms. The second-order valence-corrected chi connectivity index (χ2v) is 7.41. The molecular formula is C19H15Br2NO4. The summed E-state index contributed by atoms with van der Waals surface area (Å²) in [6.45, 7) is 1.73. The van der Waals surface area contributed by atoms with Gasteiger partial charge in [-0.05, 0) is 46.6 Å². The molecule has 3 rings (SSSR count). The van der Waals surface area contributed by atoms with Crippen LogP contribution in [0.25, 0.3) is 10.9 Å². The number of para-hydroxylation sites is 1. The van der Waals surface area contributed by atoms with Gasteiger partial charge < -0.3 is 9.47 Å². The number of nitrogens with zero attached hydrogens (tertiary/aromatic N) is 1. The standard InChI is InChI=1S/C19H15Br2NO4/c1-11-7-12(20)8-15(21)18(11)26-10-17(23)22-9-14(19(24)25-2)13-5-3-4-6-16(13)22/h3-9H,10H2,1-2H3. The van der Waals surface area contributed by atoms with Crippen LogP contribution in [0.1, 0.15) is 20.7 Å². The van der Waals surface area contributed by atoms with Crippen molar-refractivity contribution in [2.24, 2.45) is 0 Å². The first-order valence-corrected chi connectivity index (χ1v) is 9.31. The van der Waals surface area contributed by atoms with Gasteiger partial charge in [-0.2, -0.15) is 0 Å². The molecule has 0 aliphatic heterocycles. The Kier molecular flexibility index (Phi) is 5.48. The number of aryl methyl sites for hydroxylation is 1. The van der Waals surface area contributed by atoms with Gasteiger partial charge in [0.1, 0.15) is 5.75 Å². The lowest BCUT2D eigenvalue weighted by molar-refractivity contribution is 0.0603. The molecule has 2 aromatic carbocycles. The summed E-state index contributed by atoms with van der Waals surface area (Å²) >= 11 is 6.86. The number of hydrogen-bond acceptors (Lipinski definition) is 4. The van der Waals surface area contributed by atoms with E-state index in [0.717, 1.165) is 14.5 Å². The summed E-state index contributed by atoms with van der Waals surface area (Å²) in [6, 6.07) is 10.9. The fourth-order valence-corrected chi connectivity index (χ4v) is 4.29. The van der Waals surface area contributed by atoms with E-state index in [-0.39, 0.29) is 12.5 Å². The third kappa shape index (κ3) is 3.54. The van der Waals surface area contributed by atoms with Gasteiger partial charge in [-0.1, -0.05) is 34.1 Å². The van der Waals surface area contributed by atoms with Crippen LogP contribution in [-0.2, 0) is 4.74 Å². The highest BCUT2D eigenvalue weighted by Crippen LogP contribution is 2.32. The van der Waals surface area contributed by atoms with Crippen molar-refractivity contribution in [1.82, 2.24) is 4.57 Å². The summed E-state index contributed by atoms with van der Waals surface area (Å²) in [5.74, 6) is -0.169. The van der Waals surface area contributed by atoms with Crippen molar-refractivity contribution in [2.45, 2.75) is 6.92 Å². The minimum atomic E-state index is -0.486. The third-order valence-electron chi connectivity index (χ3n) is 3.92. The largest absolute Gasteiger partial charge is 0.482 e. The summed E-state index contributed by atoms with van der Waals surface area (Å²) in [6.07, 6.45) is 1.49. The quantitative estimate of drug-likeness (QED) is 0.494. The van der Waals surface area contributed by atoms with Gasteiger partial charge in [0.2, 0.25) is 0 Å². The molecule has 134 valence electrons. The van der Waals surface area contributed by atoms with Crippen LogP contribution in [0.3, 0.4) is 0 Å². The first-order valence-electron chi connectivity index (χ1n) is 7.72. The summed E-state index contributed by atoms with van der Waals surface area (Å²) in [5.41, 5.74) is 1.87. The minimum Gasteiger partial charge on any atom is -0.482 e. The Labute approximate surface area is 167 Å². The van der Waals surface area contributed by atoms with E-state index < -0.39 is 5.97 Å². The predicted octanol–water partition coefficient (Wildman–Crippen LogP) is 4.98. The van der Waals surface area contributed by atoms with Crippen molar-refractivity contribution in [3.8, 4) is 5.75 Å². The molecule has 0 saturated carbocycles. The van der Waals surface area contributed by atoms with Gasteiger partial charge in [-0.25, -0.2) is 4.79 Å². The monoisotopic (exact) mass is 479 g/mol. The molecule has 0 radical (unpaired) electrons. The highest BCUT2D eigenvalue weighted by Gasteiger charge is 2.19. The highest BCUT2D eigenvalue weighted by molar-refractivity contribution is 9.11. The van der Waals surface area contributed by atoms with E-state index in [4.69, 9.17) is 9.47 Å². The zero-order valence-electron chi connectivity index (χ0n) is 14.1. The molecule has 7 heteroatoms. The van der Waals surface area contributed by atoms with Crippen molar-refractivity contribution < 1.29 is 19.1 Å². The number of esters is 1. The number of methoxy groups -OCH3 is 1. The van der Waals surface area contributed by atoms with E-state index in [9.17, 15) is 9.59 Å². The number of hydrogen-bond donors (Lipinski definition) is 0. The average Bonchev–Trinajstić information content (AvgIpc) is 2.99. The lowest BCUT2D eigenvalue weighted by Gasteiger charge is -2.12. The van der Waals surface area contributed by atoms with E-state index in [2.05, 4.69) is 31.9 Å². The maximum Gasteiger partial charge on any atom is 0.340 e. The van der Waals surface area contributed by atoms with E-state index in [0.29, 0.717) is 22.2 Å². The van der Waals surface area contributed by atoms with Gasteiger partial charge in [0.25, 0.3) is 5.91 Å². The van der Waals surface area contributed by atoms with Gasteiger partial charge in [-0.15, -0.1) is 0 Å². The van der Waals surface area contributed by atoms with E-state index in [1.165, 1.54) is 17.9 Å². The predicted molar refractivity (Wildman–Crippen MR) is 106 cm³/mol. The summed E-state index contributed by atoms with van der Waals surface area (Å²) in [5, 5.41) is 0.661. The lowest BCUT2D eigenvalue weighted by atomic mass is 10.2. The molecule has 26 heavy (non-hydrogen) atoms. The van der Waals surface area contributed by atoms with Crippen LogP contribution in [0.4, 0.5) is 0 Å². The fourth-order valence-electron chi connectivity index (χ4n) is 2.73. The molecule has 0 atom stereocenters. The number of rotatable bonds is 4. The lowest BCUT2D eigenvalue weighted by Crippen LogP contribution is -2.19. The number of carbonyl (C=O) groups excluding carboxylic acids is 2. The zero-order chi connectivity index (χ0) is 18.8. The Balaban J connectivity index is 1.91. The van der Waals surface area contributed by atoms with Crippen LogP contribution in [0, 0.1) is 6.92 Å². The molecule has 0 fully saturated rings. The first-order chi connectivity index (χ1) is 12.4. The van der Waals surface area contributed by atoms with E-state index in [1.807, 2.05) is 31.2 Å². The molecular weight excluding hydrogens is 466 g/mol. The van der Waals surface area contributed by atoms with E-state index >= 15 is 0 Å². The van der Waals surface area contributed by atoms with Crippen molar-refractivity contribution in [3.63, 3.8) is 0 Å². The van der Waals surface area contributed by atoms with Gasteiger partial charge in [0, 0.05) is 16.1 Å². The molecule has 5 nitrogen and oxygen atoms in total. The van der Waals surface area contributed by atoms with Crippen LogP contribution in [0.15, 0.2) is 51.5 Å². The van der Waals surface area contributed by atoms with Gasteiger partial charge in [-0.3, -0.25) is 9.36 Å². The van der Waals surface area contributed by atoms with Gasteiger partial charge in [0.05, 0.1) is 22.7 Å². The molecule has 0 bridgehead atoms. The molecule has 1 aromatic heterocycles. The molecule has 3 aromatic rings. The number of benzene rings is 2. The van der Waals surface area contributed by atoms with Crippen LogP contribution in [-0.4, -0.2) is 30.2 Å². The van der Waals surface area contributed by atoms with Crippen molar-refractivity contribution in [1.29, 1.82) is 0 Å². The minimum absolute atomic E-state index is 0.166. The van der Waals surface area contributed by atoms with Crippen LogP contribution < -0.4 is 4.74 Å². The Morgan fingerprint density at radius 1 is 1.15 bits per heavy atom. The smallest absolute Gasteiger partial charge is 0.340 e. The van der Waals surface area contributed by atoms with E-state index in [1.54, 1.807) is 12.1 Å². The first kappa shape index (κ1) is 18.7. The van der Waals surface area contributed by atoms with Crippen molar-refractivity contribution in [3.05, 3.63) is 62.7 Å². The van der Waals surface area contributed by atoms with Crippen molar-refractivity contribution in [2.75, 3.05) is 13.7 Å². The van der Waals surface area contributed by atoms with Crippen LogP contribution in [0.5, 0.6) is 5.75 Å². The molecule has 0 amide bonds. The summed E-state index contributed by atoms with van der Waals surface area (Å²) < 4.78 is 13.6. The number of halogens is 2. The number of fused-ring (bicyclic) bond motifs is 1. The molecule has 0 saturated heterocycles. The Bertz CT molecular complexity index is 987. The molecule has 1 heterocycles. The summed E-state index contributed by atoms with van der Waals surface area (Å²) in [7, 11) is 1.31. The van der Waals surface area contributed by atoms with Crippen LogP contribution >= 0.6 is 31.9 Å². The highest BCUT2D eigenvalue weighted by atomic mass is 79.9. The fraction of sp³-hybridized carbons (Fsp3) is 0.158. The zero-order valence-corrected chi connectivity index (χ0v) is 17.3. The molecule has 0 unspecified atom stereocenters. The van der Waals surface area contributed by atoms with Gasteiger partial charge in [0.15, 0.2) is 6.61 Å². The molecule has 0 aliphatic carbocycles. The Hall–Kier alpha value is -2.12. The average molecular weight is 481 g/mol. The molecule has 0 N–H and O–H groups in total. The maximum atomic E-state index is 12.7. The number of aromatic nitrogens is 1. The topological polar surface area (TPSA) is 57.5 Å². The number of ether oxygens (including phenoxy) is 2. The second kappa shape index (κ2) is 7.63. The van der Waals surface area contributed by atoms with Crippen LogP contribution in [0.2, 0.25) is 0 Å². The Morgan fingerprint density at radius 2 is 1.88 bits per heavy atom. The maximum absolute atomic E-state index is 12.7. The SMILES string of the molecule is COC(=O)c1cn(C(=O)COc2c(C)cc(Br)cc2Br)c2ccccc12. The van der Waals surface area contributed by atoms with Gasteiger partial charge >= 0.3 is 5.97 Å². The summed E-state index contributed by atoms with van der Waals surface area (Å²) in [4.78, 5) is 24.7. The second-order valence-electron chi connectivity index (χ2n) is 5.64. The number of carbonyl (C=O) groups is 2. The third-order valence-corrected chi connectivity index (χ3v) is 4.97. The normalized spacial score (nSPS) is 10.8. The Morgan fingerprint density at radius 3 is 2.58 bits per heavy atom. The molecule has 0 aliphatic rings.